The molecular formula is C17H35NO. The van der Waals surface area contributed by atoms with Gasteiger partial charge in [0.05, 0.1) is 6.10 Å². The molecule has 114 valence electrons. The van der Waals surface area contributed by atoms with Gasteiger partial charge in [0.2, 0.25) is 0 Å². The molecule has 5 atom stereocenters. The zero-order valence-corrected chi connectivity index (χ0v) is 13.9. The summed E-state index contributed by atoms with van der Waals surface area (Å²) in [6.45, 7) is 15.6. The Hall–Kier alpha value is -0.0800. The second kappa shape index (κ2) is 7.08. The van der Waals surface area contributed by atoms with E-state index in [4.69, 9.17) is 0 Å². The Kier molecular flexibility index (Phi) is 6.32. The molecule has 1 aliphatic rings. The van der Waals surface area contributed by atoms with Crippen molar-refractivity contribution in [3.63, 3.8) is 0 Å². The summed E-state index contributed by atoms with van der Waals surface area (Å²) in [7, 11) is 0. The van der Waals surface area contributed by atoms with Crippen LogP contribution in [-0.2, 0) is 0 Å². The van der Waals surface area contributed by atoms with Crippen LogP contribution in [0.3, 0.4) is 0 Å². The van der Waals surface area contributed by atoms with E-state index in [1.165, 1.54) is 19.3 Å². The molecule has 0 bridgehead atoms. The highest BCUT2D eigenvalue weighted by Crippen LogP contribution is 2.39. The second-order valence-corrected chi connectivity index (χ2v) is 6.86. The van der Waals surface area contributed by atoms with E-state index in [0.717, 1.165) is 31.3 Å². The molecule has 1 rings (SSSR count). The largest absolute Gasteiger partial charge is 0.391 e. The Labute approximate surface area is 120 Å². The first-order valence-corrected chi connectivity index (χ1v) is 8.33. The van der Waals surface area contributed by atoms with Gasteiger partial charge in [0.15, 0.2) is 0 Å². The zero-order valence-electron chi connectivity index (χ0n) is 13.9. The highest BCUT2D eigenvalue weighted by molar-refractivity contribution is 4.96. The molecule has 2 heteroatoms. The van der Waals surface area contributed by atoms with Crippen LogP contribution in [-0.4, -0.2) is 34.7 Å². The Morgan fingerprint density at radius 2 is 1.68 bits per heavy atom. The molecule has 1 saturated carbocycles. The summed E-state index contributed by atoms with van der Waals surface area (Å²) in [5, 5.41) is 11.0. The summed E-state index contributed by atoms with van der Waals surface area (Å²) >= 11 is 0. The number of aliphatic hydroxyl groups is 1. The predicted octanol–water partition coefficient (Wildman–Crippen LogP) is 3.93. The highest BCUT2D eigenvalue weighted by atomic mass is 16.3. The van der Waals surface area contributed by atoms with Crippen molar-refractivity contribution in [3.05, 3.63) is 0 Å². The zero-order chi connectivity index (χ0) is 14.6. The Morgan fingerprint density at radius 3 is 2.11 bits per heavy atom. The Bertz CT molecular complexity index is 264. The molecule has 1 aliphatic carbocycles. The number of hydrogen-bond acceptors (Lipinski definition) is 2. The predicted molar refractivity (Wildman–Crippen MR) is 83.3 cm³/mol. The summed E-state index contributed by atoms with van der Waals surface area (Å²) in [4.78, 5) is 2.44. The molecule has 0 saturated heterocycles. The van der Waals surface area contributed by atoms with E-state index in [-0.39, 0.29) is 11.6 Å². The molecule has 0 aliphatic heterocycles. The fourth-order valence-corrected chi connectivity index (χ4v) is 3.95. The lowest BCUT2D eigenvalue weighted by molar-refractivity contribution is -0.0669. The minimum atomic E-state index is -0.188. The fourth-order valence-electron chi connectivity index (χ4n) is 3.95. The minimum absolute atomic E-state index is 0.0610. The molecule has 0 aromatic carbocycles. The van der Waals surface area contributed by atoms with Crippen molar-refractivity contribution in [1.82, 2.24) is 4.90 Å². The van der Waals surface area contributed by atoms with Crippen LogP contribution in [0.15, 0.2) is 0 Å². The second-order valence-electron chi connectivity index (χ2n) is 6.86. The molecule has 19 heavy (non-hydrogen) atoms. The van der Waals surface area contributed by atoms with Crippen LogP contribution in [0.5, 0.6) is 0 Å². The van der Waals surface area contributed by atoms with Gasteiger partial charge in [-0.3, -0.25) is 4.90 Å². The van der Waals surface area contributed by atoms with Gasteiger partial charge in [0.1, 0.15) is 0 Å². The van der Waals surface area contributed by atoms with Gasteiger partial charge in [-0.25, -0.2) is 0 Å². The van der Waals surface area contributed by atoms with Gasteiger partial charge in [0, 0.05) is 5.54 Å². The summed E-state index contributed by atoms with van der Waals surface area (Å²) < 4.78 is 0. The molecule has 0 amide bonds. The number of rotatable bonds is 6. The molecule has 0 heterocycles. The highest BCUT2D eigenvalue weighted by Gasteiger charge is 2.42. The lowest BCUT2D eigenvalue weighted by Gasteiger charge is -2.48. The van der Waals surface area contributed by atoms with Gasteiger partial charge in [-0.15, -0.1) is 0 Å². The van der Waals surface area contributed by atoms with E-state index in [1.807, 2.05) is 0 Å². The number of aliphatic hydroxyl groups excluding tert-OH is 1. The third kappa shape index (κ3) is 3.52. The van der Waals surface area contributed by atoms with Crippen LogP contribution < -0.4 is 0 Å². The molecule has 0 aromatic rings. The smallest absolute Gasteiger partial charge is 0.0749 e. The molecule has 1 fully saturated rings. The van der Waals surface area contributed by atoms with Crippen molar-refractivity contribution in [2.75, 3.05) is 13.1 Å². The lowest BCUT2D eigenvalue weighted by Crippen LogP contribution is -2.57. The van der Waals surface area contributed by atoms with Crippen LogP contribution in [0.1, 0.15) is 67.2 Å². The molecule has 5 unspecified atom stereocenters. The molecular weight excluding hydrogens is 234 g/mol. The molecule has 0 radical (unpaired) electrons. The van der Waals surface area contributed by atoms with Gasteiger partial charge in [-0.05, 0) is 57.0 Å². The summed E-state index contributed by atoms with van der Waals surface area (Å²) in [5.41, 5.74) is -0.0610. The van der Waals surface area contributed by atoms with Crippen LogP contribution in [0, 0.1) is 17.8 Å². The average molecular weight is 269 g/mol. The van der Waals surface area contributed by atoms with Crippen molar-refractivity contribution >= 4 is 0 Å². The summed E-state index contributed by atoms with van der Waals surface area (Å²) in [6, 6.07) is 0. The first kappa shape index (κ1) is 17.0. The molecule has 1 N–H and O–H groups in total. The first-order valence-electron chi connectivity index (χ1n) is 8.33. The summed E-state index contributed by atoms with van der Waals surface area (Å²) in [5.74, 6) is 2.06. The van der Waals surface area contributed by atoms with Gasteiger partial charge < -0.3 is 5.11 Å². The van der Waals surface area contributed by atoms with Crippen LogP contribution in [0.25, 0.3) is 0 Å². The van der Waals surface area contributed by atoms with Crippen LogP contribution in [0.4, 0.5) is 0 Å². The number of likely N-dealkylation sites (N-methyl/N-ethyl adjacent to an activating group) is 1. The van der Waals surface area contributed by atoms with Gasteiger partial charge >= 0.3 is 0 Å². The van der Waals surface area contributed by atoms with E-state index in [2.05, 4.69) is 46.4 Å². The Morgan fingerprint density at radius 1 is 1.11 bits per heavy atom. The lowest BCUT2D eigenvalue weighted by atomic mass is 9.69. The topological polar surface area (TPSA) is 23.5 Å². The molecule has 2 nitrogen and oxygen atoms in total. The van der Waals surface area contributed by atoms with E-state index < -0.39 is 0 Å². The van der Waals surface area contributed by atoms with Gasteiger partial charge in [0.25, 0.3) is 0 Å². The van der Waals surface area contributed by atoms with Gasteiger partial charge in [-0.1, -0.05) is 41.0 Å². The third-order valence-electron chi connectivity index (χ3n) is 5.92. The average Bonchev–Trinajstić information content (AvgIpc) is 2.42. The fraction of sp³-hybridized carbons (Fsp3) is 1.00. The van der Waals surface area contributed by atoms with Crippen LogP contribution >= 0.6 is 0 Å². The maximum atomic E-state index is 11.0. The quantitative estimate of drug-likeness (QED) is 0.790. The van der Waals surface area contributed by atoms with E-state index >= 15 is 0 Å². The third-order valence-corrected chi connectivity index (χ3v) is 5.92. The van der Waals surface area contributed by atoms with Gasteiger partial charge in [-0.2, -0.15) is 0 Å². The minimum Gasteiger partial charge on any atom is -0.391 e. The maximum absolute atomic E-state index is 11.0. The molecule has 0 aromatic heterocycles. The van der Waals surface area contributed by atoms with E-state index in [1.54, 1.807) is 0 Å². The van der Waals surface area contributed by atoms with Crippen molar-refractivity contribution in [2.24, 2.45) is 17.8 Å². The molecule has 0 spiro atoms. The SMILES string of the molecule is CCN(CC)C(C)(CC)C(O)C1CCC(C)C(C)C1. The van der Waals surface area contributed by atoms with Crippen molar-refractivity contribution in [2.45, 2.75) is 78.9 Å². The monoisotopic (exact) mass is 269 g/mol. The number of nitrogens with zero attached hydrogens (tertiary/aromatic N) is 1. The van der Waals surface area contributed by atoms with E-state index in [9.17, 15) is 5.11 Å². The summed E-state index contributed by atoms with van der Waals surface area (Å²) in [6.07, 6.45) is 4.51. The number of hydrogen-bond donors (Lipinski definition) is 1. The maximum Gasteiger partial charge on any atom is 0.0749 e. The van der Waals surface area contributed by atoms with Crippen molar-refractivity contribution in [3.8, 4) is 0 Å². The first-order chi connectivity index (χ1) is 8.90. The van der Waals surface area contributed by atoms with Crippen molar-refractivity contribution < 1.29 is 5.11 Å². The van der Waals surface area contributed by atoms with Crippen LogP contribution in [0.2, 0.25) is 0 Å². The van der Waals surface area contributed by atoms with Crippen molar-refractivity contribution in [1.29, 1.82) is 0 Å². The standard InChI is InChI=1S/C17H35NO/c1-7-17(6,18(8-2)9-3)16(19)15-11-10-13(4)14(5)12-15/h13-16,19H,7-12H2,1-6H3. The Balaban J connectivity index is 2.80. The normalized spacial score (nSPS) is 33.2. The van der Waals surface area contributed by atoms with E-state index in [0.29, 0.717) is 5.92 Å².